The Hall–Kier alpha value is -2.04. The summed E-state index contributed by atoms with van der Waals surface area (Å²) in [7, 11) is 0. The van der Waals surface area contributed by atoms with Gasteiger partial charge in [-0.05, 0) is 31.0 Å². The summed E-state index contributed by atoms with van der Waals surface area (Å²) in [6.45, 7) is 4.10. The number of nitrogens with zero attached hydrogens (tertiary/aromatic N) is 1. The van der Waals surface area contributed by atoms with Crippen molar-refractivity contribution in [2.24, 2.45) is 0 Å². The predicted octanol–water partition coefficient (Wildman–Crippen LogP) is 1.41. The van der Waals surface area contributed by atoms with Gasteiger partial charge in [0.05, 0.1) is 0 Å². The molecule has 2 N–H and O–H groups in total. The third-order valence-corrected chi connectivity index (χ3v) is 3.61. The van der Waals surface area contributed by atoms with Crippen molar-refractivity contribution in [2.75, 3.05) is 0 Å². The zero-order chi connectivity index (χ0) is 14.7. The van der Waals surface area contributed by atoms with Gasteiger partial charge in [-0.2, -0.15) is 0 Å². The summed E-state index contributed by atoms with van der Waals surface area (Å²) in [6.07, 6.45) is 1.50. The summed E-state index contributed by atoms with van der Waals surface area (Å²) in [5.41, 5.74) is 0.896. The molecule has 1 fully saturated rings. The zero-order valence-corrected chi connectivity index (χ0v) is 11.8. The van der Waals surface area contributed by atoms with E-state index >= 15 is 0 Å². The topological polar surface area (TPSA) is 69.6 Å². The number of phenols is 1. The molecule has 2 amide bonds. The van der Waals surface area contributed by atoms with E-state index in [4.69, 9.17) is 0 Å². The molecule has 0 bridgehead atoms. The molecule has 108 valence electrons. The first kappa shape index (κ1) is 14.4. The fourth-order valence-electron chi connectivity index (χ4n) is 2.38. The van der Waals surface area contributed by atoms with E-state index in [1.165, 1.54) is 0 Å². The third-order valence-electron chi connectivity index (χ3n) is 3.61. The number of carbonyl (C=O) groups excluding carboxylic acids is 2. The Balaban J connectivity index is 2.16. The van der Waals surface area contributed by atoms with Crippen LogP contribution in [0.5, 0.6) is 5.75 Å². The normalized spacial score (nSPS) is 22.8. The van der Waals surface area contributed by atoms with Crippen molar-refractivity contribution in [1.29, 1.82) is 0 Å². The summed E-state index contributed by atoms with van der Waals surface area (Å²) in [4.78, 5) is 25.9. The Kier molecular flexibility index (Phi) is 4.27. The largest absolute Gasteiger partial charge is 0.508 e. The number of amides is 2. The number of carbonyl (C=O) groups is 2. The van der Waals surface area contributed by atoms with Crippen molar-refractivity contribution in [3.8, 4) is 5.75 Å². The first-order chi connectivity index (χ1) is 9.52. The lowest BCUT2D eigenvalue weighted by Crippen LogP contribution is -2.61. The number of aromatic hydroxyl groups is 1. The lowest BCUT2D eigenvalue weighted by Gasteiger charge is -2.37. The van der Waals surface area contributed by atoms with Crippen LogP contribution in [0.15, 0.2) is 24.3 Å². The Morgan fingerprint density at radius 3 is 2.50 bits per heavy atom. The molecule has 1 saturated heterocycles. The molecule has 0 saturated carbocycles. The van der Waals surface area contributed by atoms with E-state index < -0.39 is 12.1 Å². The second kappa shape index (κ2) is 5.94. The minimum atomic E-state index is -0.468. The van der Waals surface area contributed by atoms with Gasteiger partial charge < -0.3 is 15.3 Å². The number of nitrogens with one attached hydrogen (secondary N) is 1. The smallest absolute Gasteiger partial charge is 0.246 e. The molecule has 1 aromatic rings. The fraction of sp³-hybridized carbons (Fsp3) is 0.467. The van der Waals surface area contributed by atoms with E-state index in [1.807, 2.05) is 6.92 Å². The maximum Gasteiger partial charge on any atom is 0.246 e. The van der Waals surface area contributed by atoms with Gasteiger partial charge in [0, 0.05) is 6.54 Å². The first-order valence-corrected chi connectivity index (χ1v) is 6.91. The minimum absolute atomic E-state index is 0.0352. The number of rotatable bonds is 4. The highest BCUT2D eigenvalue weighted by Crippen LogP contribution is 2.18. The van der Waals surface area contributed by atoms with Crippen LogP contribution in [-0.4, -0.2) is 33.9 Å². The molecule has 1 aliphatic rings. The molecular weight excluding hydrogens is 256 g/mol. The van der Waals surface area contributed by atoms with Crippen LogP contribution in [0.1, 0.15) is 32.3 Å². The Morgan fingerprint density at radius 1 is 1.25 bits per heavy atom. The van der Waals surface area contributed by atoms with Crippen LogP contribution in [0.25, 0.3) is 0 Å². The molecule has 0 radical (unpaired) electrons. The third kappa shape index (κ3) is 2.92. The Morgan fingerprint density at radius 2 is 1.90 bits per heavy atom. The lowest BCUT2D eigenvalue weighted by molar-refractivity contribution is -0.149. The zero-order valence-electron chi connectivity index (χ0n) is 11.8. The van der Waals surface area contributed by atoms with Gasteiger partial charge in [0.2, 0.25) is 11.8 Å². The van der Waals surface area contributed by atoms with Gasteiger partial charge in [-0.1, -0.05) is 25.5 Å². The van der Waals surface area contributed by atoms with E-state index in [0.717, 1.165) is 12.0 Å². The summed E-state index contributed by atoms with van der Waals surface area (Å²) >= 11 is 0. The molecule has 2 rings (SSSR count). The van der Waals surface area contributed by atoms with E-state index in [0.29, 0.717) is 13.0 Å². The van der Waals surface area contributed by atoms with Gasteiger partial charge in [-0.15, -0.1) is 0 Å². The van der Waals surface area contributed by atoms with Gasteiger partial charge in [0.15, 0.2) is 0 Å². The van der Waals surface area contributed by atoms with Crippen LogP contribution in [0.2, 0.25) is 0 Å². The van der Waals surface area contributed by atoms with Gasteiger partial charge in [-0.3, -0.25) is 9.59 Å². The summed E-state index contributed by atoms with van der Waals surface area (Å²) in [5.74, 6) is 0.0437. The number of hydrogen-bond donors (Lipinski definition) is 2. The van der Waals surface area contributed by atoms with Crippen molar-refractivity contribution in [3.05, 3.63) is 29.8 Å². The lowest BCUT2D eigenvalue weighted by atomic mass is 10.0. The highest BCUT2D eigenvalue weighted by molar-refractivity contribution is 5.96. The fourth-order valence-corrected chi connectivity index (χ4v) is 2.38. The molecule has 1 aromatic carbocycles. The second-order valence-corrected chi connectivity index (χ2v) is 5.16. The van der Waals surface area contributed by atoms with Crippen LogP contribution < -0.4 is 5.32 Å². The van der Waals surface area contributed by atoms with Crippen molar-refractivity contribution in [2.45, 2.75) is 45.3 Å². The summed E-state index contributed by atoms with van der Waals surface area (Å²) < 4.78 is 0. The Bertz CT molecular complexity index is 498. The second-order valence-electron chi connectivity index (χ2n) is 5.16. The molecular formula is C15H20N2O3. The van der Waals surface area contributed by atoms with Crippen LogP contribution in [0, 0.1) is 0 Å². The highest BCUT2D eigenvalue weighted by Gasteiger charge is 2.37. The summed E-state index contributed by atoms with van der Waals surface area (Å²) in [5, 5.41) is 12.0. The average Bonchev–Trinajstić information content (AvgIpc) is 2.43. The molecule has 0 aromatic heterocycles. The van der Waals surface area contributed by atoms with Gasteiger partial charge in [-0.25, -0.2) is 0 Å². The predicted molar refractivity (Wildman–Crippen MR) is 75.0 cm³/mol. The molecule has 20 heavy (non-hydrogen) atoms. The van der Waals surface area contributed by atoms with Gasteiger partial charge in [0.25, 0.3) is 0 Å². The Labute approximate surface area is 118 Å². The standard InChI is InChI=1S/C15H20N2O3/c1-3-4-13-15(20)17(10(2)14(19)16-13)9-11-5-7-12(18)8-6-11/h5-8,10,13,18H,3-4,9H2,1-2H3,(H,16,19). The molecule has 5 heteroatoms. The van der Waals surface area contributed by atoms with Crippen LogP contribution >= 0.6 is 0 Å². The maximum atomic E-state index is 12.4. The molecule has 0 aliphatic carbocycles. The van der Waals surface area contributed by atoms with Crippen LogP contribution in [0.4, 0.5) is 0 Å². The van der Waals surface area contributed by atoms with Crippen LogP contribution in [-0.2, 0) is 16.1 Å². The molecule has 5 nitrogen and oxygen atoms in total. The number of benzene rings is 1. The minimum Gasteiger partial charge on any atom is -0.508 e. The molecule has 2 atom stereocenters. The van der Waals surface area contributed by atoms with E-state index in [-0.39, 0.29) is 17.6 Å². The maximum absolute atomic E-state index is 12.4. The first-order valence-electron chi connectivity index (χ1n) is 6.91. The molecule has 0 spiro atoms. The van der Waals surface area contributed by atoms with Crippen LogP contribution in [0.3, 0.4) is 0 Å². The van der Waals surface area contributed by atoms with E-state index in [1.54, 1.807) is 36.1 Å². The number of piperazine rings is 1. The van der Waals surface area contributed by atoms with Crippen molar-refractivity contribution >= 4 is 11.8 Å². The van der Waals surface area contributed by atoms with E-state index in [2.05, 4.69) is 5.32 Å². The van der Waals surface area contributed by atoms with Crippen molar-refractivity contribution < 1.29 is 14.7 Å². The molecule has 1 aliphatic heterocycles. The monoisotopic (exact) mass is 276 g/mol. The highest BCUT2D eigenvalue weighted by atomic mass is 16.3. The van der Waals surface area contributed by atoms with E-state index in [9.17, 15) is 14.7 Å². The van der Waals surface area contributed by atoms with Crippen molar-refractivity contribution in [1.82, 2.24) is 10.2 Å². The van der Waals surface area contributed by atoms with Gasteiger partial charge >= 0.3 is 0 Å². The SMILES string of the molecule is CCCC1NC(=O)C(C)N(Cc2ccc(O)cc2)C1=O. The quantitative estimate of drug-likeness (QED) is 0.873. The van der Waals surface area contributed by atoms with Gasteiger partial charge in [0.1, 0.15) is 17.8 Å². The molecule has 1 heterocycles. The average molecular weight is 276 g/mol. The molecule has 2 unspecified atom stereocenters. The van der Waals surface area contributed by atoms with Crippen molar-refractivity contribution in [3.63, 3.8) is 0 Å². The number of phenolic OH excluding ortho intramolecular Hbond substituents is 1. The summed E-state index contributed by atoms with van der Waals surface area (Å²) in [6, 6.07) is 5.80. The number of hydrogen-bond acceptors (Lipinski definition) is 3.